The number of hydrogen-bond donors (Lipinski definition) is 2. The highest BCUT2D eigenvalue weighted by Crippen LogP contribution is 2.20. The maximum atomic E-state index is 13.3. The van der Waals surface area contributed by atoms with E-state index in [4.69, 9.17) is 16.7 Å². The second-order valence-corrected chi connectivity index (χ2v) is 4.51. The summed E-state index contributed by atoms with van der Waals surface area (Å²) in [4.78, 5) is 35.3. The number of β-amino-alcohol motifs (C(OH)–C–C–N with tert-alkyl or cyclic N) is 1. The van der Waals surface area contributed by atoms with E-state index in [2.05, 4.69) is 5.32 Å². The van der Waals surface area contributed by atoms with Gasteiger partial charge in [-0.1, -0.05) is 0 Å². The summed E-state index contributed by atoms with van der Waals surface area (Å²) in [6, 6.07) is 3.45. The normalized spacial score (nSPS) is 14.4. The molecule has 0 saturated heterocycles. The Morgan fingerprint density at radius 2 is 2.10 bits per heavy atom. The van der Waals surface area contributed by atoms with Crippen LogP contribution in [0.2, 0.25) is 0 Å². The number of amides is 2. The third-order valence-electron chi connectivity index (χ3n) is 2.79. The van der Waals surface area contributed by atoms with Gasteiger partial charge >= 0.3 is 0 Å². The maximum absolute atomic E-state index is 13.3. The summed E-state index contributed by atoms with van der Waals surface area (Å²) in [5, 5.41) is 10.4. The van der Waals surface area contributed by atoms with Crippen LogP contribution >= 0.6 is 11.6 Å². The highest BCUT2D eigenvalue weighted by atomic mass is 35.5. The molecule has 0 aromatic heterocycles. The fourth-order valence-electron chi connectivity index (χ4n) is 1.82. The van der Waals surface area contributed by atoms with Gasteiger partial charge in [0.1, 0.15) is 11.5 Å². The Morgan fingerprint density at radius 3 is 2.71 bits per heavy atom. The molecule has 0 aliphatic carbocycles. The third-order valence-corrected chi connectivity index (χ3v) is 2.99. The summed E-state index contributed by atoms with van der Waals surface area (Å²) in [7, 11) is 0. The second-order valence-electron chi connectivity index (χ2n) is 4.17. The van der Waals surface area contributed by atoms with E-state index in [1.54, 1.807) is 0 Å². The minimum absolute atomic E-state index is 0.0342. The number of carbonyl (C=O) groups excluding carboxylic acids is 3. The molecule has 0 spiro atoms. The number of imide groups is 1. The number of halogens is 2. The molecule has 0 fully saturated rings. The molecule has 0 radical (unpaired) electrons. The van der Waals surface area contributed by atoms with Crippen molar-refractivity contribution in [1.29, 1.82) is 0 Å². The molecule has 0 unspecified atom stereocenters. The largest absolute Gasteiger partial charge is 0.395 e. The first-order valence-corrected chi connectivity index (χ1v) is 6.26. The van der Waals surface area contributed by atoms with E-state index in [0.29, 0.717) is 0 Å². The minimum atomic E-state index is -0.971. The summed E-state index contributed by atoms with van der Waals surface area (Å²) in [6.07, 6.45) is 1.06. The molecule has 1 heterocycles. The lowest BCUT2D eigenvalue weighted by atomic mass is 10.2. The summed E-state index contributed by atoms with van der Waals surface area (Å²) in [5.74, 6) is -1.96. The van der Waals surface area contributed by atoms with E-state index in [1.807, 2.05) is 0 Å². The molecule has 0 saturated carbocycles. The molecule has 0 atom stereocenters. The van der Waals surface area contributed by atoms with Gasteiger partial charge in [-0.25, -0.2) is 4.39 Å². The highest BCUT2D eigenvalue weighted by molar-refractivity contribution is 6.67. The summed E-state index contributed by atoms with van der Waals surface area (Å²) in [6.45, 7) is -0.464. The Bertz CT molecular complexity index is 660. The molecule has 8 heteroatoms. The van der Waals surface area contributed by atoms with E-state index < -0.39 is 22.9 Å². The van der Waals surface area contributed by atoms with Gasteiger partial charge in [0.15, 0.2) is 0 Å². The molecular weight excluding hydrogens is 303 g/mol. The van der Waals surface area contributed by atoms with Gasteiger partial charge in [-0.2, -0.15) is 0 Å². The van der Waals surface area contributed by atoms with Crippen LogP contribution in [0.25, 0.3) is 0 Å². The molecule has 1 aromatic rings. The fraction of sp³-hybridized carbons (Fsp3) is 0.154. The van der Waals surface area contributed by atoms with Gasteiger partial charge in [0.05, 0.1) is 18.7 Å². The average Bonchev–Trinajstić information content (AvgIpc) is 2.69. The number of nitrogens with zero attached hydrogens (tertiary/aromatic N) is 1. The van der Waals surface area contributed by atoms with Gasteiger partial charge in [0.25, 0.3) is 17.1 Å². The number of hydrogen-bond acceptors (Lipinski definition) is 5. The predicted molar refractivity (Wildman–Crippen MR) is 72.1 cm³/mol. The van der Waals surface area contributed by atoms with E-state index >= 15 is 0 Å². The van der Waals surface area contributed by atoms with Crippen LogP contribution in [0.15, 0.2) is 30.0 Å². The molecular formula is C13H10ClFN2O4. The monoisotopic (exact) mass is 312 g/mol. The zero-order valence-electron chi connectivity index (χ0n) is 10.6. The van der Waals surface area contributed by atoms with Crippen molar-refractivity contribution < 1.29 is 23.9 Å². The number of aliphatic hydroxyl groups excluding tert-OH is 1. The molecule has 1 aromatic carbocycles. The standard InChI is InChI=1S/C13H10ClFN2O4/c14-12(20)8-5-7(1-2-9(8)15)16-10-6-11(19)17(3-4-18)13(10)21/h1-2,5-6,16,18H,3-4H2. The predicted octanol–water partition coefficient (Wildman–Crippen LogP) is 0.862. The van der Waals surface area contributed by atoms with Crippen molar-refractivity contribution in [3.05, 3.63) is 41.4 Å². The number of carbonyl (C=O) groups is 3. The van der Waals surface area contributed by atoms with Crippen LogP contribution in [0.3, 0.4) is 0 Å². The first-order valence-electron chi connectivity index (χ1n) is 5.89. The number of nitrogens with one attached hydrogen (secondary N) is 1. The lowest BCUT2D eigenvalue weighted by molar-refractivity contribution is -0.137. The summed E-state index contributed by atoms with van der Waals surface area (Å²) >= 11 is 5.23. The molecule has 21 heavy (non-hydrogen) atoms. The van der Waals surface area contributed by atoms with E-state index in [1.165, 1.54) is 6.07 Å². The molecule has 110 valence electrons. The Kier molecular flexibility index (Phi) is 4.35. The lowest BCUT2D eigenvalue weighted by Crippen LogP contribution is -2.34. The first-order chi connectivity index (χ1) is 9.93. The van der Waals surface area contributed by atoms with Gasteiger partial charge in [-0.15, -0.1) is 0 Å². The van der Waals surface area contributed by atoms with Crippen LogP contribution in [0.5, 0.6) is 0 Å². The molecule has 2 N–H and O–H groups in total. The molecule has 2 amide bonds. The fourth-order valence-corrected chi connectivity index (χ4v) is 1.96. The van der Waals surface area contributed by atoms with Crippen LogP contribution in [-0.4, -0.2) is 40.2 Å². The number of benzene rings is 1. The number of rotatable bonds is 5. The SMILES string of the molecule is O=C(Cl)c1cc(NC2=CC(=O)N(CCO)C2=O)ccc1F. The third kappa shape index (κ3) is 3.09. The molecule has 6 nitrogen and oxygen atoms in total. The first kappa shape index (κ1) is 15.1. The molecule has 2 rings (SSSR count). The van der Waals surface area contributed by atoms with Crippen molar-refractivity contribution >= 4 is 34.3 Å². The Balaban J connectivity index is 2.22. The van der Waals surface area contributed by atoms with Crippen LogP contribution in [0.1, 0.15) is 10.4 Å². The van der Waals surface area contributed by atoms with Crippen LogP contribution in [0, 0.1) is 5.82 Å². The van der Waals surface area contributed by atoms with Gasteiger partial charge in [-0.3, -0.25) is 19.3 Å². The van der Waals surface area contributed by atoms with Crippen molar-refractivity contribution in [2.75, 3.05) is 18.5 Å². The van der Waals surface area contributed by atoms with Crippen molar-refractivity contribution in [3.63, 3.8) is 0 Å². The Morgan fingerprint density at radius 1 is 1.38 bits per heavy atom. The average molecular weight is 313 g/mol. The Labute approximate surface area is 123 Å². The number of aliphatic hydroxyl groups is 1. The summed E-state index contributed by atoms with van der Waals surface area (Å²) in [5.41, 5.74) is -0.141. The smallest absolute Gasteiger partial charge is 0.277 e. The Hall–Kier alpha value is -2.25. The highest BCUT2D eigenvalue weighted by Gasteiger charge is 2.30. The van der Waals surface area contributed by atoms with Crippen LogP contribution < -0.4 is 5.32 Å². The van der Waals surface area contributed by atoms with E-state index in [0.717, 1.165) is 23.1 Å². The number of anilines is 1. The van der Waals surface area contributed by atoms with Gasteiger partial charge in [0, 0.05) is 11.8 Å². The van der Waals surface area contributed by atoms with E-state index in [9.17, 15) is 18.8 Å². The van der Waals surface area contributed by atoms with Crippen molar-refractivity contribution in [2.45, 2.75) is 0 Å². The zero-order valence-corrected chi connectivity index (χ0v) is 11.4. The molecule has 1 aliphatic heterocycles. The lowest BCUT2D eigenvalue weighted by Gasteiger charge is -2.13. The topological polar surface area (TPSA) is 86.7 Å². The van der Waals surface area contributed by atoms with Gasteiger partial charge in [-0.05, 0) is 29.8 Å². The van der Waals surface area contributed by atoms with Gasteiger partial charge < -0.3 is 10.4 Å². The van der Waals surface area contributed by atoms with Crippen LogP contribution in [-0.2, 0) is 9.59 Å². The van der Waals surface area contributed by atoms with Crippen molar-refractivity contribution in [2.24, 2.45) is 0 Å². The quantitative estimate of drug-likeness (QED) is 0.622. The maximum Gasteiger partial charge on any atom is 0.277 e. The summed E-state index contributed by atoms with van der Waals surface area (Å²) < 4.78 is 13.3. The van der Waals surface area contributed by atoms with Crippen molar-refractivity contribution in [1.82, 2.24) is 4.90 Å². The van der Waals surface area contributed by atoms with E-state index in [-0.39, 0.29) is 30.1 Å². The zero-order chi connectivity index (χ0) is 15.6. The van der Waals surface area contributed by atoms with Crippen molar-refractivity contribution in [3.8, 4) is 0 Å². The second kappa shape index (κ2) is 6.02. The molecule has 1 aliphatic rings. The molecule has 0 bridgehead atoms. The van der Waals surface area contributed by atoms with Crippen LogP contribution in [0.4, 0.5) is 10.1 Å². The minimum Gasteiger partial charge on any atom is -0.395 e. The van der Waals surface area contributed by atoms with Gasteiger partial charge in [0.2, 0.25) is 0 Å².